The van der Waals surface area contributed by atoms with Gasteiger partial charge in [0.15, 0.2) is 5.78 Å². The lowest BCUT2D eigenvalue weighted by atomic mass is 10.0. The van der Waals surface area contributed by atoms with Gasteiger partial charge >= 0.3 is 0 Å². The Labute approximate surface area is 108 Å². The van der Waals surface area contributed by atoms with Gasteiger partial charge in [-0.25, -0.2) is 0 Å². The van der Waals surface area contributed by atoms with Crippen molar-refractivity contribution >= 4 is 11.6 Å². The first kappa shape index (κ1) is 14.4. The number of ketones is 2. The summed E-state index contributed by atoms with van der Waals surface area (Å²) < 4.78 is 5.04. The number of unbranched alkanes of at least 4 members (excludes halogenated alkanes) is 2. The van der Waals surface area contributed by atoms with Crippen LogP contribution in [0.1, 0.15) is 49.4 Å². The van der Waals surface area contributed by atoms with Gasteiger partial charge in [0.1, 0.15) is 11.5 Å². The largest absolute Gasteiger partial charge is 0.497 e. The quantitative estimate of drug-likeness (QED) is 0.523. The van der Waals surface area contributed by atoms with Gasteiger partial charge in [-0.05, 0) is 44.0 Å². The Kier molecular flexibility index (Phi) is 6.12. The van der Waals surface area contributed by atoms with Crippen molar-refractivity contribution in [2.24, 2.45) is 0 Å². The fraction of sp³-hybridized carbons (Fsp3) is 0.467. The van der Waals surface area contributed by atoms with Gasteiger partial charge in [0.05, 0.1) is 7.11 Å². The number of benzene rings is 1. The number of hydrogen-bond acceptors (Lipinski definition) is 3. The van der Waals surface area contributed by atoms with Gasteiger partial charge in [-0.3, -0.25) is 4.79 Å². The normalized spacial score (nSPS) is 10.1. The van der Waals surface area contributed by atoms with Crippen LogP contribution in [0.3, 0.4) is 0 Å². The van der Waals surface area contributed by atoms with Crippen molar-refractivity contribution in [1.82, 2.24) is 0 Å². The van der Waals surface area contributed by atoms with E-state index in [0.29, 0.717) is 12.8 Å². The van der Waals surface area contributed by atoms with Crippen molar-refractivity contribution in [1.29, 1.82) is 0 Å². The highest BCUT2D eigenvalue weighted by Gasteiger charge is 2.05. The Balaban J connectivity index is 2.29. The molecular formula is C15H20O3. The lowest BCUT2D eigenvalue weighted by Gasteiger charge is -2.03. The summed E-state index contributed by atoms with van der Waals surface area (Å²) in [6.07, 6.45) is 3.83. The van der Waals surface area contributed by atoms with Crippen LogP contribution in [-0.4, -0.2) is 18.7 Å². The molecule has 0 N–H and O–H groups in total. The van der Waals surface area contributed by atoms with E-state index in [1.165, 1.54) is 0 Å². The molecule has 3 heteroatoms. The monoisotopic (exact) mass is 248 g/mol. The van der Waals surface area contributed by atoms with Crippen LogP contribution in [0.4, 0.5) is 0 Å². The first-order chi connectivity index (χ1) is 8.63. The zero-order valence-corrected chi connectivity index (χ0v) is 11.1. The second-order valence-electron chi connectivity index (χ2n) is 4.41. The molecule has 1 aromatic rings. The summed E-state index contributed by atoms with van der Waals surface area (Å²) in [6.45, 7) is 1.60. The second-order valence-corrected chi connectivity index (χ2v) is 4.41. The average Bonchev–Trinajstić information content (AvgIpc) is 2.38. The fourth-order valence-electron chi connectivity index (χ4n) is 1.76. The molecule has 0 aliphatic carbocycles. The third kappa shape index (κ3) is 5.13. The van der Waals surface area contributed by atoms with Crippen LogP contribution < -0.4 is 4.74 Å². The molecule has 0 atom stereocenters. The van der Waals surface area contributed by atoms with Crippen LogP contribution in [0, 0.1) is 0 Å². The van der Waals surface area contributed by atoms with E-state index in [2.05, 4.69) is 0 Å². The van der Waals surface area contributed by atoms with E-state index >= 15 is 0 Å². The van der Waals surface area contributed by atoms with Crippen LogP contribution in [-0.2, 0) is 4.79 Å². The lowest BCUT2D eigenvalue weighted by Crippen LogP contribution is -1.99. The number of ether oxygens (including phenoxy) is 1. The summed E-state index contributed by atoms with van der Waals surface area (Å²) in [6, 6.07) is 7.17. The third-order valence-corrected chi connectivity index (χ3v) is 2.84. The molecule has 98 valence electrons. The number of methoxy groups -OCH3 is 1. The van der Waals surface area contributed by atoms with Gasteiger partial charge in [-0.2, -0.15) is 0 Å². The van der Waals surface area contributed by atoms with E-state index in [4.69, 9.17) is 4.74 Å². The molecule has 1 aromatic carbocycles. The minimum absolute atomic E-state index is 0.153. The molecule has 0 spiro atoms. The number of Topliss-reactive ketones (excluding diaryl/α,β-unsaturated/α-hetero) is 2. The van der Waals surface area contributed by atoms with Crippen LogP contribution in [0.15, 0.2) is 24.3 Å². The molecule has 18 heavy (non-hydrogen) atoms. The molecule has 0 aliphatic rings. The van der Waals surface area contributed by atoms with Gasteiger partial charge in [-0.1, -0.05) is 6.42 Å². The van der Waals surface area contributed by atoms with Crippen molar-refractivity contribution in [2.45, 2.75) is 39.0 Å². The van der Waals surface area contributed by atoms with Gasteiger partial charge in [0.2, 0.25) is 0 Å². The molecule has 0 radical (unpaired) electrons. The molecular weight excluding hydrogens is 228 g/mol. The maximum absolute atomic E-state index is 11.8. The van der Waals surface area contributed by atoms with Crippen LogP contribution in [0.25, 0.3) is 0 Å². The Morgan fingerprint density at radius 3 is 2.17 bits per heavy atom. The van der Waals surface area contributed by atoms with Crippen molar-refractivity contribution in [3.05, 3.63) is 29.8 Å². The predicted octanol–water partition coefficient (Wildman–Crippen LogP) is 3.42. The van der Waals surface area contributed by atoms with Crippen molar-refractivity contribution in [3.8, 4) is 5.75 Å². The van der Waals surface area contributed by atoms with Crippen LogP contribution >= 0.6 is 0 Å². The molecule has 3 nitrogen and oxygen atoms in total. The summed E-state index contributed by atoms with van der Waals surface area (Å²) in [4.78, 5) is 22.6. The lowest BCUT2D eigenvalue weighted by molar-refractivity contribution is -0.117. The highest BCUT2D eigenvalue weighted by Crippen LogP contribution is 2.14. The van der Waals surface area contributed by atoms with Gasteiger partial charge in [0.25, 0.3) is 0 Å². The van der Waals surface area contributed by atoms with Crippen molar-refractivity contribution < 1.29 is 14.3 Å². The molecule has 0 unspecified atom stereocenters. The molecule has 0 heterocycles. The molecule has 0 bridgehead atoms. The summed E-state index contributed by atoms with van der Waals surface area (Å²) >= 11 is 0. The molecule has 0 aliphatic heterocycles. The Morgan fingerprint density at radius 2 is 1.61 bits per heavy atom. The van der Waals surface area contributed by atoms with Gasteiger partial charge in [-0.15, -0.1) is 0 Å². The van der Waals surface area contributed by atoms with E-state index in [1.807, 2.05) is 0 Å². The fourth-order valence-corrected chi connectivity index (χ4v) is 1.76. The maximum Gasteiger partial charge on any atom is 0.162 e. The Hall–Kier alpha value is -1.64. The van der Waals surface area contributed by atoms with Crippen LogP contribution in [0.5, 0.6) is 5.75 Å². The van der Waals surface area contributed by atoms with Crippen LogP contribution in [0.2, 0.25) is 0 Å². The predicted molar refractivity (Wildman–Crippen MR) is 71.1 cm³/mol. The molecule has 0 amide bonds. The summed E-state index contributed by atoms with van der Waals surface area (Å²) in [5, 5.41) is 0. The maximum atomic E-state index is 11.8. The van der Waals surface area contributed by atoms with E-state index in [-0.39, 0.29) is 11.6 Å². The first-order valence-corrected chi connectivity index (χ1v) is 6.30. The SMILES string of the molecule is COc1ccc(C(=O)CCCCCC(C)=O)cc1. The molecule has 0 aromatic heterocycles. The molecule has 1 rings (SSSR count). The molecule has 0 fully saturated rings. The van der Waals surface area contributed by atoms with E-state index in [9.17, 15) is 9.59 Å². The minimum atomic E-state index is 0.153. The average molecular weight is 248 g/mol. The van der Waals surface area contributed by atoms with Crippen molar-refractivity contribution in [2.75, 3.05) is 7.11 Å². The van der Waals surface area contributed by atoms with Crippen molar-refractivity contribution in [3.63, 3.8) is 0 Å². The second kappa shape index (κ2) is 7.64. The van der Waals surface area contributed by atoms with E-state index < -0.39 is 0 Å². The Morgan fingerprint density at radius 1 is 1.00 bits per heavy atom. The topological polar surface area (TPSA) is 43.4 Å². The summed E-state index contributed by atoms with van der Waals surface area (Å²) in [5.74, 6) is 1.13. The number of rotatable bonds is 8. The number of carbonyl (C=O) groups is 2. The minimum Gasteiger partial charge on any atom is -0.497 e. The Bertz CT molecular complexity index is 393. The molecule has 0 saturated heterocycles. The zero-order chi connectivity index (χ0) is 13.4. The van der Waals surface area contributed by atoms with E-state index in [0.717, 1.165) is 30.6 Å². The zero-order valence-electron chi connectivity index (χ0n) is 11.1. The highest BCUT2D eigenvalue weighted by atomic mass is 16.5. The number of carbonyl (C=O) groups excluding carboxylic acids is 2. The smallest absolute Gasteiger partial charge is 0.162 e. The summed E-state index contributed by atoms with van der Waals surface area (Å²) in [7, 11) is 1.60. The highest BCUT2D eigenvalue weighted by molar-refractivity contribution is 5.96. The van der Waals surface area contributed by atoms with Gasteiger partial charge in [0, 0.05) is 18.4 Å². The van der Waals surface area contributed by atoms with Gasteiger partial charge < -0.3 is 9.53 Å². The number of hydrogen-bond donors (Lipinski definition) is 0. The third-order valence-electron chi connectivity index (χ3n) is 2.84. The van der Waals surface area contributed by atoms with E-state index in [1.54, 1.807) is 38.3 Å². The standard InChI is InChI=1S/C15H20O3/c1-12(16)6-4-3-5-7-15(17)13-8-10-14(18-2)11-9-13/h8-11H,3-7H2,1-2H3. The summed E-state index contributed by atoms with van der Waals surface area (Å²) in [5.41, 5.74) is 0.724. The first-order valence-electron chi connectivity index (χ1n) is 6.30. The molecule has 0 saturated carbocycles.